The minimum absolute atomic E-state index is 0.105. The first-order valence-corrected chi connectivity index (χ1v) is 2.60. The maximum atomic E-state index is 8.88. The van der Waals surface area contributed by atoms with Crippen LogP contribution >= 0.6 is 0 Å². The minimum Gasteiger partial charge on any atom is -0.394 e. The van der Waals surface area contributed by atoms with Gasteiger partial charge in [-0.2, -0.15) is 0 Å². The third kappa shape index (κ3) is 1.18. The molecule has 1 aliphatic rings. The number of ether oxygens (including phenoxy) is 1. The van der Waals surface area contributed by atoms with Crippen molar-refractivity contribution in [3.05, 3.63) is 0 Å². The Labute approximate surface area is 49.3 Å². The first-order valence-electron chi connectivity index (χ1n) is 3.18. The molecule has 0 saturated carbocycles. The molecule has 3 atom stereocenters. The molecule has 0 aromatic rings. The van der Waals surface area contributed by atoms with Gasteiger partial charge in [0.15, 0.2) is 0 Å². The molecule has 2 N–H and O–H groups in total. The highest BCUT2D eigenvalue weighted by Crippen LogP contribution is 2.11. The number of aliphatic hydroxyl groups excluding tert-OH is 2. The number of rotatable bonds is 1. The van der Waals surface area contributed by atoms with Crippen LogP contribution in [0.15, 0.2) is 0 Å². The Balaban J connectivity index is 2.35. The Morgan fingerprint density at radius 2 is 2.62 bits per heavy atom. The van der Waals surface area contributed by atoms with Gasteiger partial charge >= 0.3 is 0 Å². The average molecular weight is 119 g/mol. The lowest BCUT2D eigenvalue weighted by atomic mass is 10.2. The van der Waals surface area contributed by atoms with Crippen molar-refractivity contribution in [3.63, 3.8) is 0 Å². The van der Waals surface area contributed by atoms with Gasteiger partial charge in [0.25, 0.3) is 0 Å². The molecular weight excluding hydrogens is 108 g/mol. The minimum atomic E-state index is -0.859. The lowest BCUT2D eigenvalue weighted by Crippen LogP contribution is -2.10. The standard InChI is InChI=1S/C5H10O3/c6-2-5-1-4(7)3-8-5/h4-7H,1-3H2/t4-,5+/m1/s1/i3D/t3-,4-,5+. The molecule has 1 aliphatic heterocycles. The lowest BCUT2D eigenvalue weighted by Gasteiger charge is -2.00. The van der Waals surface area contributed by atoms with Crippen LogP contribution in [0.5, 0.6) is 0 Å². The van der Waals surface area contributed by atoms with Crippen LogP contribution in [0.3, 0.4) is 0 Å². The van der Waals surface area contributed by atoms with Crippen molar-refractivity contribution in [2.75, 3.05) is 13.2 Å². The maximum Gasteiger partial charge on any atom is 0.0832 e. The van der Waals surface area contributed by atoms with Crippen molar-refractivity contribution in [2.24, 2.45) is 0 Å². The van der Waals surface area contributed by atoms with Crippen molar-refractivity contribution < 1.29 is 16.3 Å². The van der Waals surface area contributed by atoms with E-state index < -0.39 is 12.7 Å². The smallest absolute Gasteiger partial charge is 0.0832 e. The first kappa shape index (κ1) is 4.73. The van der Waals surface area contributed by atoms with Gasteiger partial charge in [-0.25, -0.2) is 0 Å². The average Bonchev–Trinajstić information content (AvgIpc) is 2.13. The molecule has 0 radical (unpaired) electrons. The van der Waals surface area contributed by atoms with Gasteiger partial charge in [0.05, 0.1) is 26.8 Å². The summed E-state index contributed by atoms with van der Waals surface area (Å²) < 4.78 is 11.8. The Bertz CT molecular complexity index is 88.2. The summed E-state index contributed by atoms with van der Waals surface area (Å²) in [5.74, 6) is 0. The van der Waals surface area contributed by atoms with Crippen molar-refractivity contribution in [1.82, 2.24) is 0 Å². The van der Waals surface area contributed by atoms with Crippen LogP contribution < -0.4 is 0 Å². The predicted octanol–water partition coefficient (Wildman–Crippen LogP) is -0.871. The second-order valence-electron chi connectivity index (χ2n) is 1.88. The maximum absolute atomic E-state index is 8.88. The third-order valence-corrected chi connectivity index (χ3v) is 1.14. The molecule has 0 aromatic heterocycles. The Kier molecular flexibility index (Phi) is 1.44. The van der Waals surface area contributed by atoms with Crippen molar-refractivity contribution >= 4 is 0 Å². The van der Waals surface area contributed by atoms with Gasteiger partial charge in [0.2, 0.25) is 0 Å². The van der Waals surface area contributed by atoms with E-state index in [-0.39, 0.29) is 12.7 Å². The van der Waals surface area contributed by atoms with E-state index in [4.69, 9.17) is 16.3 Å². The zero-order valence-electron chi connectivity index (χ0n) is 5.45. The molecule has 0 aromatic carbocycles. The van der Waals surface area contributed by atoms with E-state index in [9.17, 15) is 0 Å². The fraction of sp³-hybridized carbons (Fsp3) is 1.00. The summed E-state index contributed by atoms with van der Waals surface area (Å²) in [6, 6.07) is 0. The fourth-order valence-electron chi connectivity index (χ4n) is 0.700. The summed E-state index contributed by atoms with van der Waals surface area (Å²) in [6.07, 6.45) is -0.672. The van der Waals surface area contributed by atoms with Crippen molar-refractivity contribution in [2.45, 2.75) is 18.6 Å². The SMILES string of the molecule is [2H][C@H]1O[C@H](CO)C[C@H]1O. The van der Waals surface area contributed by atoms with Gasteiger partial charge in [0.1, 0.15) is 0 Å². The number of hydrogen-bond donors (Lipinski definition) is 2. The highest BCUT2D eigenvalue weighted by Gasteiger charge is 2.21. The third-order valence-electron chi connectivity index (χ3n) is 1.14. The summed E-state index contributed by atoms with van der Waals surface area (Å²) in [4.78, 5) is 0. The normalized spacial score (nSPS) is 49.2. The van der Waals surface area contributed by atoms with Gasteiger partial charge in [-0.1, -0.05) is 0 Å². The Morgan fingerprint density at radius 1 is 1.88 bits per heavy atom. The highest BCUT2D eigenvalue weighted by molar-refractivity contribution is 4.70. The summed E-state index contributed by atoms with van der Waals surface area (Å²) >= 11 is 0. The number of aliphatic hydroxyl groups is 2. The van der Waals surface area contributed by atoms with Crippen LogP contribution in [0.25, 0.3) is 0 Å². The van der Waals surface area contributed by atoms with Crippen molar-refractivity contribution in [3.8, 4) is 0 Å². The van der Waals surface area contributed by atoms with Crippen LogP contribution in [0.1, 0.15) is 7.79 Å². The van der Waals surface area contributed by atoms with Crippen LogP contribution in [-0.2, 0) is 4.74 Å². The molecule has 1 heterocycles. The molecule has 0 amide bonds. The summed E-state index contributed by atoms with van der Waals surface area (Å²) in [5.41, 5.74) is 0. The van der Waals surface area contributed by atoms with Gasteiger partial charge in [-0.3, -0.25) is 0 Å². The van der Waals surface area contributed by atoms with Crippen LogP contribution in [0.2, 0.25) is 0 Å². The van der Waals surface area contributed by atoms with E-state index in [1.54, 1.807) is 0 Å². The molecule has 1 rings (SSSR count). The molecule has 1 saturated heterocycles. The second-order valence-corrected chi connectivity index (χ2v) is 1.88. The second kappa shape index (κ2) is 2.44. The van der Waals surface area contributed by atoms with E-state index in [1.807, 2.05) is 0 Å². The summed E-state index contributed by atoms with van der Waals surface area (Å²) in [6.45, 7) is -0.964. The monoisotopic (exact) mass is 119 g/mol. The molecule has 0 unspecified atom stereocenters. The first-order chi connectivity index (χ1) is 4.24. The Hall–Kier alpha value is -0.120. The zero-order valence-corrected chi connectivity index (χ0v) is 4.45. The molecule has 8 heavy (non-hydrogen) atoms. The van der Waals surface area contributed by atoms with E-state index in [2.05, 4.69) is 0 Å². The zero-order chi connectivity index (χ0) is 6.85. The molecule has 3 nitrogen and oxygen atoms in total. The van der Waals surface area contributed by atoms with Gasteiger partial charge in [-0.05, 0) is 0 Å². The van der Waals surface area contributed by atoms with Gasteiger partial charge < -0.3 is 14.9 Å². The molecule has 3 heteroatoms. The predicted molar refractivity (Wildman–Crippen MR) is 27.4 cm³/mol. The number of hydrogen-bond acceptors (Lipinski definition) is 3. The molecule has 0 bridgehead atoms. The molecule has 48 valence electrons. The van der Waals surface area contributed by atoms with Crippen molar-refractivity contribution in [1.29, 1.82) is 0 Å². The fourth-order valence-corrected chi connectivity index (χ4v) is 0.700. The molecule has 0 spiro atoms. The lowest BCUT2D eigenvalue weighted by molar-refractivity contribution is 0.0516. The van der Waals surface area contributed by atoms with Gasteiger partial charge in [-0.15, -0.1) is 0 Å². The molecular formula is C5H10O3. The van der Waals surface area contributed by atoms with Crippen LogP contribution in [-0.4, -0.2) is 35.6 Å². The van der Waals surface area contributed by atoms with E-state index >= 15 is 0 Å². The summed E-state index contributed by atoms with van der Waals surface area (Å²) in [7, 11) is 0. The van der Waals surface area contributed by atoms with Gasteiger partial charge in [0, 0.05) is 6.42 Å². The highest BCUT2D eigenvalue weighted by atomic mass is 16.5. The van der Waals surface area contributed by atoms with E-state index in [0.717, 1.165) is 0 Å². The van der Waals surface area contributed by atoms with E-state index in [1.165, 1.54) is 0 Å². The quantitative estimate of drug-likeness (QED) is 0.471. The molecule has 0 aliphatic carbocycles. The summed E-state index contributed by atoms with van der Waals surface area (Å²) in [5, 5.41) is 17.4. The topological polar surface area (TPSA) is 49.7 Å². The van der Waals surface area contributed by atoms with E-state index in [0.29, 0.717) is 6.42 Å². The molecule has 1 fully saturated rings. The van der Waals surface area contributed by atoms with Crippen LogP contribution in [0.4, 0.5) is 0 Å². The Morgan fingerprint density at radius 3 is 2.88 bits per heavy atom. The van der Waals surface area contributed by atoms with Crippen LogP contribution in [0, 0.1) is 0 Å². The largest absolute Gasteiger partial charge is 0.394 e.